The summed E-state index contributed by atoms with van der Waals surface area (Å²) >= 11 is 0. The van der Waals surface area contributed by atoms with Crippen molar-refractivity contribution in [3.05, 3.63) is 71.8 Å². The number of imidazole rings is 1. The molecule has 1 N–H and O–H groups in total. The van der Waals surface area contributed by atoms with Crippen LogP contribution in [0.3, 0.4) is 0 Å². The predicted molar refractivity (Wildman–Crippen MR) is 150 cm³/mol. The number of carbonyl (C=O) groups excluding carboxylic acids is 2. The summed E-state index contributed by atoms with van der Waals surface area (Å²) in [5.41, 5.74) is 2.26. The second-order valence-corrected chi connectivity index (χ2v) is 9.99. The van der Waals surface area contributed by atoms with E-state index in [0.717, 1.165) is 37.1 Å². The van der Waals surface area contributed by atoms with Gasteiger partial charge in [-0.05, 0) is 49.1 Å². The fourth-order valence-electron chi connectivity index (χ4n) is 5.32. The molecule has 2 heterocycles. The van der Waals surface area contributed by atoms with Crippen LogP contribution in [-0.2, 0) is 23.7 Å². The number of nitrogens with zero attached hydrogens (tertiary/aromatic N) is 5. The Morgan fingerprint density at radius 3 is 2.74 bits per heavy atom. The van der Waals surface area contributed by atoms with Crippen molar-refractivity contribution in [1.29, 1.82) is 5.26 Å². The lowest BCUT2D eigenvalue weighted by Crippen LogP contribution is -2.43. The minimum Gasteiger partial charge on any atom is -0.456 e. The zero-order valence-corrected chi connectivity index (χ0v) is 23.1. The fourth-order valence-corrected chi connectivity index (χ4v) is 5.32. The molecule has 9 nitrogen and oxygen atoms in total. The van der Waals surface area contributed by atoms with Crippen molar-refractivity contribution < 1.29 is 14.3 Å². The van der Waals surface area contributed by atoms with Crippen LogP contribution in [0, 0.1) is 11.3 Å². The minimum atomic E-state index is -0.605. The second-order valence-electron chi connectivity index (χ2n) is 9.99. The average Bonchev–Trinajstić information content (AvgIpc) is 3.30. The molecule has 39 heavy (non-hydrogen) atoms. The van der Waals surface area contributed by atoms with Gasteiger partial charge in [0.05, 0.1) is 17.3 Å². The Labute approximate surface area is 230 Å². The number of amides is 3. The van der Waals surface area contributed by atoms with E-state index < -0.39 is 5.41 Å². The molecule has 204 valence electrons. The summed E-state index contributed by atoms with van der Waals surface area (Å²) < 4.78 is 8.19. The number of anilines is 1. The van der Waals surface area contributed by atoms with Crippen molar-refractivity contribution in [1.82, 2.24) is 19.8 Å². The number of hydrogen-bond donors (Lipinski definition) is 1. The van der Waals surface area contributed by atoms with Crippen molar-refractivity contribution in [3.8, 4) is 17.6 Å². The zero-order chi connectivity index (χ0) is 28.0. The van der Waals surface area contributed by atoms with Crippen LogP contribution in [-0.4, -0.2) is 53.6 Å². The normalized spacial score (nSPS) is 17.3. The Kier molecular flexibility index (Phi) is 8.55. The summed E-state index contributed by atoms with van der Waals surface area (Å²) in [6, 6.07) is 14.6. The number of hydrogen-bond acceptors (Lipinski definition) is 5. The second kappa shape index (κ2) is 12.0. The summed E-state index contributed by atoms with van der Waals surface area (Å²) in [5, 5.41) is 12.5. The molecule has 0 saturated carbocycles. The highest BCUT2D eigenvalue weighted by molar-refractivity contribution is 5.92. The Bertz CT molecular complexity index is 1380. The van der Waals surface area contributed by atoms with Crippen LogP contribution < -0.4 is 15.0 Å². The van der Waals surface area contributed by atoms with Gasteiger partial charge in [0.2, 0.25) is 5.91 Å². The highest BCUT2D eigenvalue weighted by atomic mass is 16.5. The number of rotatable bonds is 8. The largest absolute Gasteiger partial charge is 0.456 e. The third-order valence-corrected chi connectivity index (χ3v) is 7.69. The van der Waals surface area contributed by atoms with Gasteiger partial charge in [-0.1, -0.05) is 25.5 Å². The lowest BCUT2D eigenvalue weighted by Gasteiger charge is -2.33. The molecule has 1 aliphatic heterocycles. The van der Waals surface area contributed by atoms with Crippen molar-refractivity contribution >= 4 is 17.6 Å². The molecule has 1 aromatic heterocycles. The number of likely N-dealkylation sites (tertiary alicyclic amines) is 1. The van der Waals surface area contributed by atoms with E-state index in [1.165, 1.54) is 0 Å². The molecule has 3 aromatic rings. The molecular weight excluding hydrogens is 492 g/mol. The van der Waals surface area contributed by atoms with Gasteiger partial charge in [0, 0.05) is 64.3 Å². The first-order chi connectivity index (χ1) is 18.8. The summed E-state index contributed by atoms with van der Waals surface area (Å²) in [7, 11) is 5.37. The summed E-state index contributed by atoms with van der Waals surface area (Å²) in [6.45, 7) is 3.23. The molecule has 1 atom stereocenters. The van der Waals surface area contributed by atoms with Gasteiger partial charge < -0.3 is 19.5 Å². The van der Waals surface area contributed by atoms with Crippen LogP contribution >= 0.6 is 0 Å². The van der Waals surface area contributed by atoms with Crippen LogP contribution in [0.15, 0.2) is 55.0 Å². The summed E-state index contributed by atoms with van der Waals surface area (Å²) in [5.74, 6) is 1.01. The maximum atomic E-state index is 13.4. The number of aromatic nitrogens is 2. The number of nitrogens with one attached hydrogen (secondary N) is 1. The van der Waals surface area contributed by atoms with Crippen molar-refractivity contribution in [2.45, 2.75) is 44.4 Å². The lowest BCUT2D eigenvalue weighted by atomic mass is 9.73. The van der Waals surface area contributed by atoms with Gasteiger partial charge in [-0.15, -0.1) is 0 Å². The molecule has 0 radical (unpaired) electrons. The van der Waals surface area contributed by atoms with E-state index in [9.17, 15) is 14.9 Å². The van der Waals surface area contributed by atoms with E-state index >= 15 is 0 Å². The number of benzene rings is 2. The van der Waals surface area contributed by atoms with Crippen LogP contribution in [0.5, 0.6) is 11.5 Å². The lowest BCUT2D eigenvalue weighted by molar-refractivity contribution is -0.135. The highest BCUT2D eigenvalue weighted by Crippen LogP contribution is 2.39. The molecule has 0 unspecified atom stereocenters. The van der Waals surface area contributed by atoms with E-state index in [0.29, 0.717) is 42.1 Å². The number of carbonyl (C=O) groups is 2. The van der Waals surface area contributed by atoms with Gasteiger partial charge in [0.1, 0.15) is 17.6 Å². The maximum absolute atomic E-state index is 13.4. The number of urea groups is 1. The maximum Gasteiger partial charge on any atom is 0.321 e. The van der Waals surface area contributed by atoms with Gasteiger partial charge in [0.15, 0.2) is 0 Å². The molecule has 2 aromatic carbocycles. The first-order valence-electron chi connectivity index (χ1n) is 13.4. The van der Waals surface area contributed by atoms with E-state index in [-0.39, 0.29) is 11.9 Å². The zero-order valence-electron chi connectivity index (χ0n) is 23.1. The topological polar surface area (TPSA) is 103 Å². The SMILES string of the molecule is CC[C@]1(c2cccc(Oc3cc(N(CCc4cncn4C)C(=O)NC)ccc3C#N)c2)CCCCN(C)C1=O. The molecular formula is C30H36N6O3. The van der Waals surface area contributed by atoms with E-state index in [4.69, 9.17) is 4.74 Å². The molecule has 1 aliphatic rings. The number of nitriles is 1. The monoisotopic (exact) mass is 528 g/mol. The van der Waals surface area contributed by atoms with Crippen molar-refractivity contribution in [3.63, 3.8) is 0 Å². The standard InChI is InChI=1S/C30H36N6O3/c1-5-30(14-6-7-15-34(3)28(30)37)23-9-8-10-26(17-23)39-27-18-24(12-11-22(27)19-31)36(29(38)32-2)16-13-25-20-33-21-35(25)4/h8-12,17-18,20-21H,5-7,13-16H2,1-4H3,(H,32,38)/t30-/m1/s1. The van der Waals surface area contributed by atoms with Crippen molar-refractivity contribution in [2.75, 3.05) is 32.1 Å². The quantitative estimate of drug-likeness (QED) is 0.454. The first-order valence-corrected chi connectivity index (χ1v) is 13.4. The first kappa shape index (κ1) is 27.7. The van der Waals surface area contributed by atoms with Crippen LogP contribution in [0.4, 0.5) is 10.5 Å². The molecule has 3 amide bonds. The number of likely N-dealkylation sites (N-methyl/N-ethyl adjacent to an activating group) is 1. The highest BCUT2D eigenvalue weighted by Gasteiger charge is 2.41. The predicted octanol–water partition coefficient (Wildman–Crippen LogP) is 4.76. The minimum absolute atomic E-state index is 0.133. The third kappa shape index (κ3) is 5.75. The third-order valence-electron chi connectivity index (χ3n) is 7.69. The van der Waals surface area contributed by atoms with Gasteiger partial charge in [0.25, 0.3) is 0 Å². The van der Waals surface area contributed by atoms with Crippen LogP contribution in [0.2, 0.25) is 0 Å². The van der Waals surface area contributed by atoms with Gasteiger partial charge >= 0.3 is 6.03 Å². The molecule has 4 rings (SSSR count). The van der Waals surface area contributed by atoms with E-state index in [1.54, 1.807) is 42.7 Å². The Hall–Kier alpha value is -4.32. The van der Waals surface area contributed by atoms with Crippen LogP contribution in [0.25, 0.3) is 0 Å². The summed E-state index contributed by atoms with van der Waals surface area (Å²) in [6.07, 6.45) is 7.55. The Balaban J connectivity index is 1.65. The van der Waals surface area contributed by atoms with Crippen molar-refractivity contribution in [2.24, 2.45) is 7.05 Å². The van der Waals surface area contributed by atoms with Gasteiger partial charge in [-0.2, -0.15) is 5.26 Å². The summed E-state index contributed by atoms with van der Waals surface area (Å²) in [4.78, 5) is 33.8. The fraction of sp³-hybridized carbons (Fsp3) is 0.400. The molecule has 9 heteroatoms. The number of aryl methyl sites for hydroxylation is 1. The Morgan fingerprint density at radius 1 is 1.23 bits per heavy atom. The van der Waals surface area contributed by atoms with Gasteiger partial charge in [-0.25, -0.2) is 9.78 Å². The molecule has 0 bridgehead atoms. The molecule has 1 fully saturated rings. The van der Waals surface area contributed by atoms with E-state index in [2.05, 4.69) is 23.3 Å². The van der Waals surface area contributed by atoms with Gasteiger partial charge in [-0.3, -0.25) is 9.69 Å². The van der Waals surface area contributed by atoms with Crippen LogP contribution in [0.1, 0.15) is 49.4 Å². The molecule has 1 saturated heterocycles. The van der Waals surface area contributed by atoms with E-state index in [1.807, 2.05) is 47.8 Å². The molecule has 0 spiro atoms. The molecule has 0 aliphatic carbocycles. The average molecular weight is 529 g/mol. The smallest absolute Gasteiger partial charge is 0.321 e. The Morgan fingerprint density at radius 2 is 2.05 bits per heavy atom. The number of ether oxygens (including phenoxy) is 1.